The first kappa shape index (κ1) is 42.4. The number of methoxy groups -OCH3 is 1. The average Bonchev–Trinajstić information content (AvgIpc) is 2.64. The molecule has 0 N–H and O–H groups in total. The maximum absolute atomic E-state index is 9.89. The highest BCUT2D eigenvalue weighted by Crippen LogP contribution is 1.88. The third-order valence-electron chi connectivity index (χ3n) is 1.47. The van der Waals surface area contributed by atoms with E-state index >= 15 is 0 Å². The van der Waals surface area contributed by atoms with Gasteiger partial charge >= 0.3 is 5.97 Å². The normalized spacial score (nSPS) is 7.87. The second-order valence-corrected chi connectivity index (χ2v) is 5.83. The van der Waals surface area contributed by atoms with E-state index in [0.717, 1.165) is 12.0 Å². The van der Waals surface area contributed by atoms with Crippen LogP contribution in [0.5, 0.6) is 0 Å². The van der Waals surface area contributed by atoms with Crippen LogP contribution in [0.4, 0.5) is 0 Å². The minimum absolute atomic E-state index is 0.00231. The number of hydrogen-bond donors (Lipinski definition) is 0. The zero-order chi connectivity index (χ0) is 26.3. The van der Waals surface area contributed by atoms with Gasteiger partial charge in [0.1, 0.15) is 13.4 Å². The minimum Gasteiger partial charge on any atom is -0.469 e. The predicted octanol–water partition coefficient (Wildman–Crippen LogP) is 2.86. The van der Waals surface area contributed by atoms with Crippen molar-refractivity contribution in [2.75, 3.05) is 34.6 Å². The summed E-state index contributed by atoms with van der Waals surface area (Å²) in [5.74, 6) is -0.250. The van der Waals surface area contributed by atoms with Crippen LogP contribution in [0.2, 0.25) is 0 Å². The van der Waals surface area contributed by atoms with Gasteiger partial charge in [0.05, 0.1) is 25.3 Å². The molecule has 10 nitrogen and oxygen atoms in total. The summed E-state index contributed by atoms with van der Waals surface area (Å²) in [4.78, 5) is 59.3. The summed E-state index contributed by atoms with van der Waals surface area (Å²) < 4.78 is 4.11. The third-order valence-corrected chi connectivity index (χ3v) is 2.05. The van der Waals surface area contributed by atoms with Crippen molar-refractivity contribution in [3.8, 4) is 0 Å². The van der Waals surface area contributed by atoms with E-state index in [1.807, 2.05) is 13.8 Å². The van der Waals surface area contributed by atoms with Gasteiger partial charge in [-0.2, -0.15) is 0 Å². The number of nitrogens with zero attached hydrogens (tertiary/aromatic N) is 3. The number of aldehydes is 1. The summed E-state index contributed by atoms with van der Waals surface area (Å²) in [5, 5.41) is 3.71. The molecule has 0 saturated carbocycles. The fraction of sp³-hybridized carbons (Fsp3) is 0.600. The fourth-order valence-corrected chi connectivity index (χ4v) is 0.546. The molecule has 182 valence electrons. The number of Topliss-reactive ketones (excluding diaryl/α,β-unsaturated/α-hetero) is 2. The molecule has 0 atom stereocenters. The molecule has 0 bridgehead atoms. The van der Waals surface area contributed by atoms with E-state index in [2.05, 4.69) is 24.7 Å². The number of carbonyl (C=O) groups is 5. The largest absolute Gasteiger partial charge is 0.469 e. The Balaban J connectivity index is -0.0000000612. The lowest BCUT2D eigenvalue weighted by molar-refractivity contribution is -0.138. The number of hydrogen-bond acceptors (Lipinski definition) is 11. The Hall–Kier alpha value is -2.69. The predicted molar refractivity (Wildman–Crippen MR) is 130 cm³/mol. The van der Waals surface area contributed by atoms with Crippen molar-refractivity contribution in [3.63, 3.8) is 0 Å². The number of ketones is 2. The summed E-state index contributed by atoms with van der Waals surface area (Å²) >= 11 is 1.24. The van der Waals surface area contributed by atoms with Gasteiger partial charge in [0, 0.05) is 41.8 Å². The van der Waals surface area contributed by atoms with E-state index in [9.17, 15) is 19.2 Å². The summed E-state index contributed by atoms with van der Waals surface area (Å²) in [5.41, 5.74) is 0.942. The SMILES string of the molecule is CC=O.CN=CC(C)=O.CN=CC(C)=O.COC(C)=O.CON=C(C)C.CSC(C)=O. The molecule has 0 aromatic carbocycles. The zero-order valence-corrected chi connectivity index (χ0v) is 21.7. The molecule has 0 aliphatic rings. The van der Waals surface area contributed by atoms with Gasteiger partial charge in [-0.1, -0.05) is 16.9 Å². The number of aliphatic imine (C=N–C) groups is 2. The molecule has 0 aromatic heterocycles. The molecule has 0 heterocycles. The number of esters is 1. The second kappa shape index (κ2) is 41.6. The first-order chi connectivity index (χ1) is 14.3. The summed E-state index contributed by atoms with van der Waals surface area (Å²) in [7, 11) is 6.03. The molecular weight excluding hydrogens is 426 g/mol. The molecule has 0 aromatic rings. The highest BCUT2D eigenvalue weighted by molar-refractivity contribution is 8.12. The highest BCUT2D eigenvalue weighted by Gasteiger charge is 1.77. The van der Waals surface area contributed by atoms with Gasteiger partial charge in [-0.15, -0.1) is 0 Å². The lowest BCUT2D eigenvalue weighted by atomic mass is 10.5. The van der Waals surface area contributed by atoms with Crippen molar-refractivity contribution in [3.05, 3.63) is 0 Å². The topological polar surface area (TPSA) is 141 Å². The second-order valence-electron chi connectivity index (χ2n) is 4.84. The van der Waals surface area contributed by atoms with Gasteiger partial charge in [0.25, 0.3) is 0 Å². The number of thioether (sulfide) groups is 1. The maximum atomic E-state index is 9.89. The molecule has 0 spiro atoms. The molecule has 0 aliphatic heterocycles. The van der Waals surface area contributed by atoms with Gasteiger partial charge in [0.15, 0.2) is 16.7 Å². The first-order valence-corrected chi connectivity index (χ1v) is 9.88. The minimum atomic E-state index is -0.245. The number of rotatable bonds is 3. The van der Waals surface area contributed by atoms with Crippen LogP contribution in [0.1, 0.15) is 48.5 Å². The van der Waals surface area contributed by atoms with Crippen LogP contribution in [-0.2, 0) is 33.5 Å². The Labute approximate surface area is 191 Å². The van der Waals surface area contributed by atoms with Crippen LogP contribution in [0, 0.1) is 0 Å². The zero-order valence-electron chi connectivity index (χ0n) is 20.8. The van der Waals surface area contributed by atoms with Crippen LogP contribution < -0.4 is 0 Å². The van der Waals surface area contributed by atoms with E-state index in [1.54, 1.807) is 27.3 Å². The Kier molecular flexibility index (Phi) is 57.0. The smallest absolute Gasteiger partial charge is 0.302 e. The van der Waals surface area contributed by atoms with Crippen molar-refractivity contribution in [1.82, 2.24) is 0 Å². The van der Waals surface area contributed by atoms with Crippen molar-refractivity contribution in [2.24, 2.45) is 15.1 Å². The molecule has 0 rings (SSSR count). The van der Waals surface area contributed by atoms with E-state index < -0.39 is 0 Å². The standard InChI is InChI=1S/2C4H7NO.C4H9NO.C3H6O2.C3H6OS.C2H4O/c2*1-4(6)3-5-2;1-4(2)5-6-3;2*1-3(4)5-2;1-2-3/h2*3H,1-2H3;1-3H3;2*1-2H3;2H,1H3. The van der Waals surface area contributed by atoms with Crippen molar-refractivity contribution >= 4 is 58.8 Å². The molecule has 0 aliphatic carbocycles. The molecule has 0 saturated heterocycles. The van der Waals surface area contributed by atoms with Crippen molar-refractivity contribution in [1.29, 1.82) is 0 Å². The number of ether oxygens (including phenoxy) is 1. The lowest BCUT2D eigenvalue weighted by Crippen LogP contribution is -1.88. The van der Waals surface area contributed by atoms with E-state index in [0.29, 0.717) is 0 Å². The number of carbonyl (C=O) groups excluding carboxylic acids is 5. The van der Waals surface area contributed by atoms with Crippen LogP contribution in [0.15, 0.2) is 15.1 Å². The molecule has 0 fully saturated rings. The van der Waals surface area contributed by atoms with E-state index in [4.69, 9.17) is 4.79 Å². The van der Waals surface area contributed by atoms with Gasteiger partial charge in [-0.25, -0.2) is 0 Å². The summed E-state index contributed by atoms with van der Waals surface area (Å²) in [6, 6.07) is 0. The van der Waals surface area contributed by atoms with Crippen molar-refractivity contribution < 1.29 is 33.5 Å². The maximum Gasteiger partial charge on any atom is 0.302 e. The fourth-order valence-electron chi connectivity index (χ4n) is 0.546. The molecular formula is C20H39N3O7S. The van der Waals surface area contributed by atoms with Crippen LogP contribution in [0.25, 0.3) is 0 Å². The van der Waals surface area contributed by atoms with Crippen LogP contribution >= 0.6 is 11.8 Å². The van der Waals surface area contributed by atoms with Crippen molar-refractivity contribution in [2.45, 2.75) is 48.5 Å². The van der Waals surface area contributed by atoms with Gasteiger partial charge < -0.3 is 14.4 Å². The Morgan fingerprint density at radius 3 is 1.06 bits per heavy atom. The molecule has 0 amide bonds. The molecule has 0 unspecified atom stereocenters. The van der Waals surface area contributed by atoms with Gasteiger partial charge in [0.2, 0.25) is 0 Å². The first-order valence-electron chi connectivity index (χ1n) is 8.66. The van der Waals surface area contributed by atoms with Crippen LogP contribution in [0.3, 0.4) is 0 Å². The Bertz CT molecular complexity index is 501. The monoisotopic (exact) mass is 465 g/mol. The molecule has 31 heavy (non-hydrogen) atoms. The molecule has 11 heteroatoms. The quantitative estimate of drug-likeness (QED) is 0.268. The van der Waals surface area contributed by atoms with E-state index in [-0.39, 0.29) is 22.7 Å². The Morgan fingerprint density at radius 1 is 0.806 bits per heavy atom. The van der Waals surface area contributed by atoms with Crippen LogP contribution in [-0.4, -0.2) is 81.6 Å². The molecule has 0 radical (unpaired) electrons. The summed E-state index contributed by atoms with van der Waals surface area (Å²) in [6.45, 7) is 11.0. The lowest BCUT2D eigenvalue weighted by Gasteiger charge is -1.83. The van der Waals surface area contributed by atoms with Gasteiger partial charge in [-0.3, -0.25) is 29.2 Å². The average molecular weight is 466 g/mol. The highest BCUT2D eigenvalue weighted by atomic mass is 32.2. The number of oxime groups is 1. The van der Waals surface area contributed by atoms with Gasteiger partial charge in [-0.05, 0) is 27.0 Å². The Morgan fingerprint density at radius 2 is 1.06 bits per heavy atom. The van der Waals surface area contributed by atoms with E-state index in [1.165, 1.54) is 66.1 Å². The third kappa shape index (κ3) is 165. The summed E-state index contributed by atoms with van der Waals surface area (Å²) in [6.07, 6.45) is 5.07.